The van der Waals surface area contributed by atoms with E-state index < -0.39 is 5.79 Å². The van der Waals surface area contributed by atoms with Crippen LogP contribution >= 0.6 is 0 Å². The standard InChI is InChI=1S/C27H33N3O4/c1-19-7-8-20(2)23(15-19)24-17-25(21-5-4-6-22(16-21)32-3)30(28-24)26(31)18-29-11-9-27(10-12-29)33-13-14-34-27/h4-8,15-16,25H,9-14,17-18H2,1-3H3/t25-/m0/s1. The smallest absolute Gasteiger partial charge is 0.257 e. The predicted molar refractivity (Wildman–Crippen MR) is 130 cm³/mol. The highest BCUT2D eigenvalue weighted by Gasteiger charge is 2.41. The highest BCUT2D eigenvalue weighted by Crippen LogP contribution is 2.36. The molecule has 2 fully saturated rings. The van der Waals surface area contributed by atoms with Crippen LogP contribution in [0.5, 0.6) is 5.75 Å². The van der Waals surface area contributed by atoms with Crippen molar-refractivity contribution in [2.75, 3.05) is 40.0 Å². The Morgan fingerprint density at radius 2 is 1.88 bits per heavy atom. The number of carbonyl (C=O) groups excluding carboxylic acids is 1. The maximum absolute atomic E-state index is 13.6. The second-order valence-electron chi connectivity index (χ2n) is 9.48. The van der Waals surface area contributed by atoms with Crippen LogP contribution in [0.25, 0.3) is 0 Å². The molecule has 2 aromatic carbocycles. The fraction of sp³-hybridized carbons (Fsp3) is 0.481. The van der Waals surface area contributed by atoms with Crippen molar-refractivity contribution in [2.45, 2.75) is 44.9 Å². The Morgan fingerprint density at radius 1 is 1.12 bits per heavy atom. The SMILES string of the molecule is COc1cccc([C@@H]2CC(c3cc(C)ccc3C)=NN2C(=O)CN2CCC3(CC2)OCCO3)c1. The largest absolute Gasteiger partial charge is 0.497 e. The summed E-state index contributed by atoms with van der Waals surface area (Å²) in [5.74, 6) is 0.352. The number of hydrazone groups is 1. The minimum absolute atomic E-state index is 0.0114. The van der Waals surface area contributed by atoms with Gasteiger partial charge in [-0.1, -0.05) is 29.8 Å². The average molecular weight is 464 g/mol. The van der Waals surface area contributed by atoms with Crippen LogP contribution in [0.4, 0.5) is 0 Å². The molecule has 0 bridgehead atoms. The quantitative estimate of drug-likeness (QED) is 0.675. The Morgan fingerprint density at radius 3 is 2.62 bits per heavy atom. The van der Waals surface area contributed by atoms with Gasteiger partial charge in [-0.2, -0.15) is 5.10 Å². The zero-order chi connectivity index (χ0) is 23.7. The monoisotopic (exact) mass is 463 g/mol. The third kappa shape index (κ3) is 4.60. The van der Waals surface area contributed by atoms with Crippen LogP contribution in [0.2, 0.25) is 0 Å². The van der Waals surface area contributed by atoms with Crippen molar-refractivity contribution in [3.05, 3.63) is 64.7 Å². The molecule has 1 spiro atoms. The molecule has 7 nitrogen and oxygen atoms in total. The number of likely N-dealkylation sites (tertiary alicyclic amines) is 1. The normalized spacial score (nSPS) is 22.3. The van der Waals surface area contributed by atoms with Gasteiger partial charge in [-0.3, -0.25) is 9.69 Å². The van der Waals surface area contributed by atoms with Gasteiger partial charge in [0.2, 0.25) is 0 Å². The highest BCUT2D eigenvalue weighted by atomic mass is 16.7. The predicted octanol–water partition coefficient (Wildman–Crippen LogP) is 3.83. The number of ether oxygens (including phenoxy) is 3. The number of benzene rings is 2. The highest BCUT2D eigenvalue weighted by molar-refractivity contribution is 6.04. The molecule has 1 atom stereocenters. The zero-order valence-corrected chi connectivity index (χ0v) is 20.3. The second-order valence-corrected chi connectivity index (χ2v) is 9.48. The molecular weight excluding hydrogens is 430 g/mol. The molecule has 0 aromatic heterocycles. The maximum Gasteiger partial charge on any atom is 0.257 e. The van der Waals surface area contributed by atoms with Crippen molar-refractivity contribution in [1.29, 1.82) is 0 Å². The first-order chi connectivity index (χ1) is 16.5. The first-order valence-electron chi connectivity index (χ1n) is 12.1. The van der Waals surface area contributed by atoms with E-state index in [-0.39, 0.29) is 11.9 Å². The van der Waals surface area contributed by atoms with Gasteiger partial charge in [0.15, 0.2) is 5.79 Å². The van der Waals surface area contributed by atoms with Crippen LogP contribution in [0, 0.1) is 13.8 Å². The zero-order valence-electron chi connectivity index (χ0n) is 20.3. The van der Waals surface area contributed by atoms with Gasteiger partial charge in [0, 0.05) is 37.9 Å². The molecule has 0 N–H and O–H groups in total. The number of nitrogens with zero attached hydrogens (tertiary/aromatic N) is 3. The lowest BCUT2D eigenvalue weighted by Gasteiger charge is -2.37. The molecule has 3 heterocycles. The number of aryl methyl sites for hydroxylation is 2. The molecule has 180 valence electrons. The van der Waals surface area contributed by atoms with Crippen LogP contribution in [0.1, 0.15) is 47.6 Å². The maximum atomic E-state index is 13.6. The molecule has 2 aromatic rings. The first-order valence-corrected chi connectivity index (χ1v) is 12.1. The average Bonchev–Trinajstić information content (AvgIpc) is 3.50. The Labute approximate surface area is 201 Å². The van der Waals surface area contributed by atoms with E-state index in [1.54, 1.807) is 12.1 Å². The lowest BCUT2D eigenvalue weighted by molar-refractivity contribution is -0.186. The molecular formula is C27H33N3O4. The molecule has 0 saturated carbocycles. The summed E-state index contributed by atoms with van der Waals surface area (Å²) in [5, 5.41) is 6.59. The molecule has 0 aliphatic carbocycles. The summed E-state index contributed by atoms with van der Waals surface area (Å²) in [4.78, 5) is 15.8. The Kier molecular flexibility index (Phi) is 6.42. The number of hydrogen-bond donors (Lipinski definition) is 0. The number of carbonyl (C=O) groups is 1. The van der Waals surface area contributed by atoms with Crippen LogP contribution in [-0.2, 0) is 14.3 Å². The second kappa shape index (κ2) is 9.49. The summed E-state index contributed by atoms with van der Waals surface area (Å²) >= 11 is 0. The summed E-state index contributed by atoms with van der Waals surface area (Å²) in [7, 11) is 1.66. The van der Waals surface area contributed by atoms with E-state index >= 15 is 0 Å². The molecule has 3 aliphatic rings. The van der Waals surface area contributed by atoms with Gasteiger partial charge in [-0.15, -0.1) is 0 Å². The molecule has 5 rings (SSSR count). The molecule has 1 amide bonds. The number of hydrogen-bond acceptors (Lipinski definition) is 6. The van der Waals surface area contributed by atoms with Crippen molar-refractivity contribution in [3.63, 3.8) is 0 Å². The van der Waals surface area contributed by atoms with Crippen LogP contribution in [-0.4, -0.2) is 67.3 Å². The fourth-order valence-corrected chi connectivity index (χ4v) is 5.16. The molecule has 2 saturated heterocycles. The van der Waals surface area contributed by atoms with Gasteiger partial charge in [-0.05, 0) is 43.2 Å². The fourth-order valence-electron chi connectivity index (χ4n) is 5.16. The molecule has 7 heteroatoms. The summed E-state index contributed by atoms with van der Waals surface area (Å²) in [6, 6.07) is 14.2. The van der Waals surface area contributed by atoms with E-state index in [2.05, 4.69) is 43.0 Å². The lowest BCUT2D eigenvalue weighted by Crippen LogP contribution is -2.48. The van der Waals surface area contributed by atoms with E-state index in [1.165, 1.54) is 11.1 Å². The van der Waals surface area contributed by atoms with E-state index in [9.17, 15) is 4.79 Å². The number of piperidine rings is 1. The van der Waals surface area contributed by atoms with Gasteiger partial charge < -0.3 is 14.2 Å². The molecule has 0 radical (unpaired) electrons. The van der Waals surface area contributed by atoms with Gasteiger partial charge in [0.05, 0.1) is 38.6 Å². The van der Waals surface area contributed by atoms with Gasteiger partial charge in [0.1, 0.15) is 5.75 Å². The Balaban J connectivity index is 1.38. The van der Waals surface area contributed by atoms with Crippen LogP contribution in [0.3, 0.4) is 0 Å². The van der Waals surface area contributed by atoms with E-state index in [0.717, 1.165) is 48.5 Å². The van der Waals surface area contributed by atoms with Crippen LogP contribution < -0.4 is 4.74 Å². The van der Waals surface area contributed by atoms with E-state index in [1.807, 2.05) is 18.2 Å². The number of rotatable bonds is 5. The van der Waals surface area contributed by atoms with Crippen LogP contribution in [0.15, 0.2) is 47.6 Å². The third-order valence-corrected chi connectivity index (χ3v) is 7.14. The van der Waals surface area contributed by atoms with Crippen molar-refractivity contribution < 1.29 is 19.0 Å². The van der Waals surface area contributed by atoms with Crippen molar-refractivity contribution >= 4 is 11.6 Å². The minimum atomic E-state index is -0.440. The molecule has 0 unspecified atom stereocenters. The molecule has 34 heavy (non-hydrogen) atoms. The summed E-state index contributed by atoms with van der Waals surface area (Å²) in [6.45, 7) is 7.38. The Hall–Kier alpha value is -2.74. The summed E-state index contributed by atoms with van der Waals surface area (Å²) in [6.07, 6.45) is 2.25. The third-order valence-electron chi connectivity index (χ3n) is 7.14. The van der Waals surface area contributed by atoms with E-state index in [0.29, 0.717) is 26.2 Å². The minimum Gasteiger partial charge on any atom is -0.497 e. The first kappa shape index (κ1) is 23.0. The van der Waals surface area contributed by atoms with E-state index in [4.69, 9.17) is 19.3 Å². The summed E-state index contributed by atoms with van der Waals surface area (Å²) < 4.78 is 17.1. The van der Waals surface area contributed by atoms with Crippen molar-refractivity contribution in [1.82, 2.24) is 9.91 Å². The number of amides is 1. The molecule has 3 aliphatic heterocycles. The Bertz CT molecular complexity index is 1080. The van der Waals surface area contributed by atoms with Crippen molar-refractivity contribution in [2.24, 2.45) is 5.10 Å². The van der Waals surface area contributed by atoms with Gasteiger partial charge in [-0.25, -0.2) is 5.01 Å². The van der Waals surface area contributed by atoms with Gasteiger partial charge in [0.25, 0.3) is 5.91 Å². The van der Waals surface area contributed by atoms with Gasteiger partial charge >= 0.3 is 0 Å². The van der Waals surface area contributed by atoms with Crippen molar-refractivity contribution in [3.8, 4) is 5.75 Å². The summed E-state index contributed by atoms with van der Waals surface area (Å²) in [5.41, 5.74) is 5.44. The topological polar surface area (TPSA) is 63.6 Å². The number of methoxy groups -OCH3 is 1. The lowest BCUT2D eigenvalue weighted by atomic mass is 9.95.